The molecular formula is C10H10ClFN2O2. The predicted molar refractivity (Wildman–Crippen MR) is 55.7 cm³/mol. The molecule has 6 heteroatoms. The van der Waals surface area contributed by atoms with Crippen LogP contribution in [0.1, 0.15) is 18.4 Å². The standard InChI is InChI=1S/C10H10ClFN2O2/c11-5-1-7(8(12)14-4-5)10(9(15)16)2-6(13)3-10/h1,4,6H,2-3,13H2,(H,15,16). The molecule has 1 aromatic rings. The molecule has 16 heavy (non-hydrogen) atoms. The molecule has 0 unspecified atom stereocenters. The largest absolute Gasteiger partial charge is 0.481 e. The van der Waals surface area contributed by atoms with Crippen molar-refractivity contribution < 1.29 is 14.3 Å². The van der Waals surface area contributed by atoms with Gasteiger partial charge in [-0.2, -0.15) is 4.39 Å². The number of halogens is 2. The minimum absolute atomic E-state index is 0.0224. The first-order valence-electron chi connectivity index (χ1n) is 4.76. The van der Waals surface area contributed by atoms with Crippen LogP contribution in [-0.2, 0) is 10.2 Å². The molecular weight excluding hydrogens is 235 g/mol. The first-order chi connectivity index (χ1) is 7.45. The average Bonchev–Trinajstić information content (AvgIpc) is 2.16. The highest BCUT2D eigenvalue weighted by molar-refractivity contribution is 6.30. The van der Waals surface area contributed by atoms with Crippen molar-refractivity contribution in [2.45, 2.75) is 24.3 Å². The van der Waals surface area contributed by atoms with Crippen LogP contribution in [0.25, 0.3) is 0 Å². The van der Waals surface area contributed by atoms with Crippen LogP contribution in [0.4, 0.5) is 4.39 Å². The van der Waals surface area contributed by atoms with Crippen molar-refractivity contribution in [2.24, 2.45) is 5.73 Å². The SMILES string of the molecule is NC1CC(C(=O)O)(c2cc(Cl)cnc2F)C1. The Hall–Kier alpha value is -1.20. The van der Waals surface area contributed by atoms with Crippen LogP contribution in [0.2, 0.25) is 5.02 Å². The highest BCUT2D eigenvalue weighted by atomic mass is 35.5. The molecule has 0 saturated heterocycles. The Kier molecular flexibility index (Phi) is 2.59. The third kappa shape index (κ3) is 1.56. The van der Waals surface area contributed by atoms with E-state index in [1.807, 2.05) is 0 Å². The second-order valence-corrected chi connectivity index (χ2v) is 4.48. The first kappa shape index (κ1) is 11.3. The molecule has 1 fully saturated rings. The topological polar surface area (TPSA) is 76.2 Å². The molecule has 0 bridgehead atoms. The van der Waals surface area contributed by atoms with Crippen LogP contribution in [0.3, 0.4) is 0 Å². The zero-order valence-electron chi connectivity index (χ0n) is 8.28. The minimum atomic E-state index is -1.26. The molecule has 0 aromatic carbocycles. The van der Waals surface area contributed by atoms with E-state index in [9.17, 15) is 14.3 Å². The number of carboxylic acid groups (broad SMARTS) is 1. The second-order valence-electron chi connectivity index (χ2n) is 4.05. The lowest BCUT2D eigenvalue weighted by molar-refractivity contribution is -0.148. The zero-order chi connectivity index (χ0) is 11.9. The normalized spacial score (nSPS) is 28.6. The van der Waals surface area contributed by atoms with Crippen LogP contribution >= 0.6 is 11.6 Å². The van der Waals surface area contributed by atoms with Gasteiger partial charge in [0.05, 0.1) is 5.02 Å². The lowest BCUT2D eigenvalue weighted by atomic mass is 9.62. The van der Waals surface area contributed by atoms with E-state index >= 15 is 0 Å². The number of carboxylic acids is 1. The molecule has 3 N–H and O–H groups in total. The summed E-state index contributed by atoms with van der Waals surface area (Å²) in [6.45, 7) is 0. The Morgan fingerprint density at radius 1 is 1.69 bits per heavy atom. The van der Waals surface area contributed by atoms with Gasteiger partial charge in [-0.15, -0.1) is 0 Å². The average molecular weight is 245 g/mol. The number of hydrogen-bond donors (Lipinski definition) is 2. The maximum atomic E-state index is 13.5. The van der Waals surface area contributed by atoms with Crippen LogP contribution in [0.5, 0.6) is 0 Å². The molecule has 1 aliphatic carbocycles. The van der Waals surface area contributed by atoms with Gasteiger partial charge >= 0.3 is 5.97 Å². The van der Waals surface area contributed by atoms with E-state index in [2.05, 4.69) is 4.98 Å². The quantitative estimate of drug-likeness (QED) is 0.770. The summed E-state index contributed by atoms with van der Waals surface area (Å²) >= 11 is 5.69. The van der Waals surface area contributed by atoms with Crippen LogP contribution in [0, 0.1) is 5.95 Å². The number of aromatic nitrogens is 1. The molecule has 0 amide bonds. The van der Waals surface area contributed by atoms with Gasteiger partial charge in [0, 0.05) is 17.8 Å². The van der Waals surface area contributed by atoms with Crippen molar-refractivity contribution >= 4 is 17.6 Å². The van der Waals surface area contributed by atoms with Crippen LogP contribution in [-0.4, -0.2) is 22.1 Å². The van der Waals surface area contributed by atoms with E-state index in [1.54, 1.807) is 0 Å². The van der Waals surface area contributed by atoms with Gasteiger partial charge in [-0.25, -0.2) is 4.98 Å². The van der Waals surface area contributed by atoms with E-state index in [4.69, 9.17) is 17.3 Å². The molecule has 0 spiro atoms. The fourth-order valence-electron chi connectivity index (χ4n) is 2.10. The summed E-state index contributed by atoms with van der Waals surface area (Å²) in [5.41, 5.74) is 4.34. The van der Waals surface area contributed by atoms with Gasteiger partial charge in [0.2, 0.25) is 5.95 Å². The van der Waals surface area contributed by atoms with Gasteiger partial charge in [-0.05, 0) is 18.9 Å². The Bertz CT molecular complexity index is 446. The van der Waals surface area contributed by atoms with Crippen LogP contribution < -0.4 is 5.73 Å². The van der Waals surface area contributed by atoms with Gasteiger partial charge in [0.15, 0.2) is 0 Å². The molecule has 4 nitrogen and oxygen atoms in total. The number of carbonyl (C=O) groups is 1. The predicted octanol–water partition coefficient (Wildman–Crippen LogP) is 1.32. The van der Waals surface area contributed by atoms with E-state index in [0.29, 0.717) is 0 Å². The van der Waals surface area contributed by atoms with E-state index < -0.39 is 17.3 Å². The summed E-state index contributed by atoms with van der Waals surface area (Å²) in [4.78, 5) is 14.7. The van der Waals surface area contributed by atoms with Gasteiger partial charge in [-0.3, -0.25) is 4.79 Å². The summed E-state index contributed by atoms with van der Waals surface area (Å²) < 4.78 is 13.5. The van der Waals surface area contributed by atoms with E-state index in [0.717, 1.165) is 6.20 Å². The molecule has 1 aromatic heterocycles. The van der Waals surface area contributed by atoms with E-state index in [1.165, 1.54) is 6.07 Å². The number of nitrogens with two attached hydrogens (primary N) is 1. The van der Waals surface area contributed by atoms with Crippen molar-refractivity contribution in [1.29, 1.82) is 0 Å². The van der Waals surface area contributed by atoms with Crippen molar-refractivity contribution in [3.63, 3.8) is 0 Å². The van der Waals surface area contributed by atoms with E-state index in [-0.39, 0.29) is 29.5 Å². The number of hydrogen-bond acceptors (Lipinski definition) is 3. The van der Waals surface area contributed by atoms with Crippen LogP contribution in [0.15, 0.2) is 12.3 Å². The molecule has 0 radical (unpaired) electrons. The smallest absolute Gasteiger partial charge is 0.314 e. The van der Waals surface area contributed by atoms with Gasteiger partial charge in [0.25, 0.3) is 0 Å². The lowest BCUT2D eigenvalue weighted by Gasteiger charge is -2.42. The maximum absolute atomic E-state index is 13.5. The monoisotopic (exact) mass is 244 g/mol. The Balaban J connectivity index is 2.48. The number of nitrogens with zero attached hydrogens (tertiary/aromatic N) is 1. The molecule has 1 aliphatic rings. The number of aliphatic carboxylic acids is 1. The van der Waals surface area contributed by atoms with Crippen molar-refractivity contribution in [3.05, 3.63) is 28.8 Å². The Labute approximate surface area is 96.2 Å². The Morgan fingerprint density at radius 3 is 2.81 bits per heavy atom. The third-order valence-electron chi connectivity index (χ3n) is 2.95. The molecule has 2 rings (SSSR count). The maximum Gasteiger partial charge on any atom is 0.314 e. The van der Waals surface area contributed by atoms with Crippen molar-refractivity contribution in [3.8, 4) is 0 Å². The van der Waals surface area contributed by atoms with Gasteiger partial charge in [0.1, 0.15) is 5.41 Å². The lowest BCUT2D eigenvalue weighted by Crippen LogP contribution is -2.54. The molecule has 1 heterocycles. The summed E-state index contributed by atoms with van der Waals surface area (Å²) in [6.07, 6.45) is 1.57. The highest BCUT2D eigenvalue weighted by Gasteiger charge is 2.52. The summed E-state index contributed by atoms with van der Waals surface area (Å²) in [5, 5.41) is 9.40. The summed E-state index contributed by atoms with van der Waals surface area (Å²) in [7, 11) is 0. The number of rotatable bonds is 2. The first-order valence-corrected chi connectivity index (χ1v) is 5.14. The fraction of sp³-hybridized carbons (Fsp3) is 0.400. The summed E-state index contributed by atoms with van der Waals surface area (Å²) in [6, 6.07) is 1.10. The summed E-state index contributed by atoms with van der Waals surface area (Å²) in [5.74, 6) is -1.88. The minimum Gasteiger partial charge on any atom is -0.481 e. The number of pyridine rings is 1. The highest BCUT2D eigenvalue weighted by Crippen LogP contribution is 2.44. The van der Waals surface area contributed by atoms with Gasteiger partial charge < -0.3 is 10.8 Å². The molecule has 0 atom stereocenters. The van der Waals surface area contributed by atoms with Crippen molar-refractivity contribution in [1.82, 2.24) is 4.98 Å². The van der Waals surface area contributed by atoms with Gasteiger partial charge in [-0.1, -0.05) is 11.6 Å². The molecule has 1 saturated carbocycles. The fourth-order valence-corrected chi connectivity index (χ4v) is 2.26. The second kappa shape index (κ2) is 3.68. The Morgan fingerprint density at radius 2 is 2.31 bits per heavy atom. The molecule has 86 valence electrons. The zero-order valence-corrected chi connectivity index (χ0v) is 9.04. The van der Waals surface area contributed by atoms with Crippen molar-refractivity contribution in [2.75, 3.05) is 0 Å². The third-order valence-corrected chi connectivity index (χ3v) is 3.16. The molecule has 0 aliphatic heterocycles.